The minimum absolute atomic E-state index is 0.0120. The number of hydrogen-bond donors (Lipinski definition) is 5. The fourth-order valence-corrected chi connectivity index (χ4v) is 11.7. The van der Waals surface area contributed by atoms with Crippen LogP contribution in [0, 0.1) is 41.9 Å². The molecule has 0 amide bonds. The highest BCUT2D eigenvalue weighted by Crippen LogP contribution is 2.55. The van der Waals surface area contributed by atoms with E-state index in [1.165, 1.54) is 18.2 Å². The first-order valence-corrected chi connectivity index (χ1v) is 23.6. The highest BCUT2D eigenvalue weighted by molar-refractivity contribution is 6.32. The van der Waals surface area contributed by atoms with Crippen molar-refractivity contribution in [1.82, 2.24) is 0 Å². The molecule has 4 aliphatic heterocycles. The van der Waals surface area contributed by atoms with Crippen molar-refractivity contribution in [2.75, 3.05) is 0 Å². The number of aliphatic hydroxyl groups is 3. The SMILES string of the molecule is Cc1c(Cl)ccc(O)c1C(=O)O[C@@H]1C[C@H](O[C@H]2[C@H](O)C[C@H](O[C@H]3CCC[C@@H]4[C@@H]3C=C[C@H]3CCCC/C=C\[C@@H]5C=C(C(=O)O)[C@H](C)C[C@]56OC(=O)C(=C6O)OC(=O)[C@@]43C)O[C@@H]2C)O[C@H](C)[C@H]1O. The van der Waals surface area contributed by atoms with Gasteiger partial charge in [0.1, 0.15) is 29.6 Å². The monoisotopic (exact) mass is 940 g/mol. The number of rotatable bonds is 7. The van der Waals surface area contributed by atoms with Crippen molar-refractivity contribution in [3.05, 3.63) is 75.8 Å². The van der Waals surface area contributed by atoms with Gasteiger partial charge in [0.2, 0.25) is 0 Å². The number of esters is 3. The molecule has 4 heterocycles. The predicted octanol–water partition coefficient (Wildman–Crippen LogP) is 6.66. The Labute approximate surface area is 388 Å². The van der Waals surface area contributed by atoms with Crippen LogP contribution in [0.4, 0.5) is 0 Å². The molecular formula is C49H61ClO16. The Morgan fingerprint density at radius 1 is 0.894 bits per heavy atom. The summed E-state index contributed by atoms with van der Waals surface area (Å²) >= 11 is 6.19. The summed E-state index contributed by atoms with van der Waals surface area (Å²) in [5, 5.41) is 54.7. The molecule has 2 bridgehead atoms. The molecule has 16 nitrogen and oxygen atoms in total. The number of aliphatic carboxylic acids is 1. The van der Waals surface area contributed by atoms with Crippen molar-refractivity contribution in [2.24, 2.45) is 35.0 Å². The van der Waals surface area contributed by atoms with Gasteiger partial charge in [0.15, 0.2) is 23.9 Å². The number of benzene rings is 1. The van der Waals surface area contributed by atoms with Crippen LogP contribution < -0.4 is 0 Å². The van der Waals surface area contributed by atoms with Gasteiger partial charge in [-0.15, -0.1) is 0 Å². The van der Waals surface area contributed by atoms with Gasteiger partial charge in [-0.3, -0.25) is 4.79 Å². The number of halogens is 1. The maximum absolute atomic E-state index is 14.7. The first-order valence-electron chi connectivity index (χ1n) is 23.2. The third-order valence-electron chi connectivity index (χ3n) is 15.2. The summed E-state index contributed by atoms with van der Waals surface area (Å²) in [5.74, 6) is -7.22. The van der Waals surface area contributed by atoms with Crippen molar-refractivity contribution in [1.29, 1.82) is 0 Å². The molecule has 2 saturated heterocycles. The number of ether oxygens (including phenoxy) is 7. The molecule has 1 aromatic carbocycles. The number of aliphatic hydroxyl groups excluding tert-OH is 3. The van der Waals surface area contributed by atoms with Gasteiger partial charge in [0.25, 0.3) is 5.76 Å². The number of hydrogen-bond acceptors (Lipinski definition) is 15. The average Bonchev–Trinajstić information content (AvgIpc) is 3.48. The number of aromatic hydroxyl groups is 1. The van der Waals surface area contributed by atoms with Crippen molar-refractivity contribution in [3.63, 3.8) is 0 Å². The highest BCUT2D eigenvalue weighted by atomic mass is 35.5. The van der Waals surface area contributed by atoms with E-state index in [9.17, 15) is 44.7 Å². The summed E-state index contributed by atoms with van der Waals surface area (Å²) in [4.78, 5) is 53.6. The lowest BCUT2D eigenvalue weighted by molar-refractivity contribution is -0.318. The lowest BCUT2D eigenvalue weighted by Gasteiger charge is -2.51. The van der Waals surface area contributed by atoms with Crippen molar-refractivity contribution in [3.8, 4) is 5.75 Å². The fourth-order valence-electron chi connectivity index (χ4n) is 11.5. The molecular weight excluding hydrogens is 880 g/mol. The Kier molecular flexibility index (Phi) is 13.9. The molecule has 16 atom stereocenters. The van der Waals surface area contributed by atoms with E-state index in [1.54, 1.807) is 33.8 Å². The Hall–Kier alpha value is -4.29. The molecule has 1 aromatic rings. The second kappa shape index (κ2) is 19.0. The lowest BCUT2D eigenvalue weighted by atomic mass is 9.55. The number of fused-ring (bicyclic) bond motifs is 3. The molecule has 0 unspecified atom stereocenters. The van der Waals surface area contributed by atoms with Gasteiger partial charge in [0, 0.05) is 41.7 Å². The third kappa shape index (κ3) is 8.83. The molecule has 1 spiro atoms. The average molecular weight is 941 g/mol. The molecule has 0 aromatic heterocycles. The number of phenolic OH excluding ortho intramolecular Hbond substituents is 1. The molecule has 3 aliphatic carbocycles. The zero-order valence-electron chi connectivity index (χ0n) is 37.8. The number of carboxylic acid groups (broad SMARTS) is 1. The summed E-state index contributed by atoms with van der Waals surface area (Å²) in [6.07, 6.45) is 6.18. The maximum Gasteiger partial charge on any atom is 0.379 e. The zero-order chi connectivity index (χ0) is 47.4. The Balaban J connectivity index is 0.954. The van der Waals surface area contributed by atoms with Gasteiger partial charge in [0.05, 0.1) is 29.8 Å². The van der Waals surface area contributed by atoms with Crippen molar-refractivity contribution < 1.29 is 77.9 Å². The second-order valence-electron chi connectivity index (χ2n) is 19.4. The maximum atomic E-state index is 14.7. The number of allylic oxidation sites excluding steroid dienone is 2. The van der Waals surface area contributed by atoms with E-state index >= 15 is 0 Å². The van der Waals surface area contributed by atoms with Gasteiger partial charge in [-0.25, -0.2) is 14.4 Å². The van der Waals surface area contributed by atoms with E-state index in [-0.39, 0.29) is 58.9 Å². The number of carbonyl (C=O) groups excluding carboxylic acids is 3. The summed E-state index contributed by atoms with van der Waals surface area (Å²) in [7, 11) is 0. The topological polar surface area (TPSA) is 234 Å². The minimum atomic E-state index is -1.62. The number of carbonyl (C=O) groups is 4. The molecule has 360 valence electrons. The summed E-state index contributed by atoms with van der Waals surface area (Å²) < 4.78 is 42.8. The molecule has 8 rings (SSSR count). The van der Waals surface area contributed by atoms with E-state index in [0.29, 0.717) is 37.7 Å². The van der Waals surface area contributed by atoms with Crippen LogP contribution in [0.15, 0.2) is 59.6 Å². The predicted molar refractivity (Wildman–Crippen MR) is 233 cm³/mol. The van der Waals surface area contributed by atoms with Crippen LogP contribution in [0.2, 0.25) is 5.02 Å². The van der Waals surface area contributed by atoms with E-state index in [1.807, 2.05) is 19.1 Å². The molecule has 0 radical (unpaired) electrons. The quantitative estimate of drug-likeness (QED) is 0.109. The summed E-state index contributed by atoms with van der Waals surface area (Å²) in [5.41, 5.74) is -2.41. The zero-order valence-corrected chi connectivity index (χ0v) is 38.6. The van der Waals surface area contributed by atoms with Gasteiger partial charge in [-0.2, -0.15) is 0 Å². The Morgan fingerprint density at radius 2 is 1.64 bits per heavy atom. The van der Waals surface area contributed by atoms with E-state index in [0.717, 1.165) is 12.8 Å². The standard InChI is InChI=1S/C49H61ClO16/c1-23-22-49-28(19-30(23)44(55)56)12-9-7-6-8-11-27-15-16-29-31(48(27,5)47(59)65-42(43(49)54)46(58)66-49)13-10-14-35(29)62-37-20-34(52)41(26(4)61-37)64-38-21-36(40(53)25(3)60-38)63-45(57)39-24(2)32(50)17-18-33(39)51/h9,12,15-19,23,25-29,31,34-38,40-41,51-54H,6-8,10-11,13-14,20-22H2,1-5H3,(H,55,56)/b12-9-/t23-,25-,26-,27-,28-,29+,31-,34-,35+,36-,37+,38+,40-,41-,48-,49+/m1/s1. The van der Waals surface area contributed by atoms with Crippen LogP contribution in [-0.4, -0.2) is 110 Å². The first-order chi connectivity index (χ1) is 31.3. The minimum Gasteiger partial charge on any atom is -0.507 e. The van der Waals surface area contributed by atoms with Crippen LogP contribution in [0.3, 0.4) is 0 Å². The van der Waals surface area contributed by atoms with Crippen LogP contribution >= 0.6 is 11.6 Å². The molecule has 66 heavy (non-hydrogen) atoms. The molecule has 17 heteroatoms. The van der Waals surface area contributed by atoms with Gasteiger partial charge >= 0.3 is 23.9 Å². The van der Waals surface area contributed by atoms with Crippen molar-refractivity contribution >= 4 is 35.5 Å². The summed E-state index contributed by atoms with van der Waals surface area (Å²) in [6, 6.07) is 2.75. The largest absolute Gasteiger partial charge is 0.507 e. The highest BCUT2D eigenvalue weighted by Gasteiger charge is 2.60. The molecule has 1 saturated carbocycles. The Bertz CT molecular complexity index is 2190. The van der Waals surface area contributed by atoms with Crippen molar-refractivity contribution in [2.45, 2.75) is 160 Å². The first kappa shape index (κ1) is 48.2. The van der Waals surface area contributed by atoms with Crippen LogP contribution in [0.1, 0.15) is 108 Å². The normalized spacial score (nSPS) is 40.9. The molecule has 7 aliphatic rings. The number of carboxylic acids is 1. The van der Waals surface area contributed by atoms with Crippen LogP contribution in [0.5, 0.6) is 5.75 Å². The van der Waals surface area contributed by atoms with Gasteiger partial charge in [-0.05, 0) is 95.2 Å². The lowest BCUT2D eigenvalue weighted by Crippen LogP contribution is -2.56. The number of phenols is 1. The van der Waals surface area contributed by atoms with E-state index in [4.69, 9.17) is 44.8 Å². The second-order valence-corrected chi connectivity index (χ2v) is 19.8. The molecule has 5 N–H and O–H groups in total. The van der Waals surface area contributed by atoms with Crippen LogP contribution in [0.25, 0.3) is 0 Å². The smallest absolute Gasteiger partial charge is 0.379 e. The van der Waals surface area contributed by atoms with Crippen LogP contribution in [-0.2, 0) is 47.5 Å². The Morgan fingerprint density at radius 3 is 2.38 bits per heavy atom. The fraction of sp³-hybridized carbons (Fsp3) is 0.633. The van der Waals surface area contributed by atoms with Gasteiger partial charge < -0.3 is 58.7 Å². The summed E-state index contributed by atoms with van der Waals surface area (Å²) in [6.45, 7) is 8.47. The third-order valence-corrected chi connectivity index (χ3v) is 15.7. The van der Waals surface area contributed by atoms with Gasteiger partial charge in [-0.1, -0.05) is 61.7 Å². The van der Waals surface area contributed by atoms with E-state index < -0.39 is 114 Å². The molecule has 3 fully saturated rings. The van der Waals surface area contributed by atoms with E-state index in [2.05, 4.69) is 6.08 Å².